The van der Waals surface area contributed by atoms with E-state index in [9.17, 15) is 14.4 Å². The molecule has 1 N–H and O–H groups in total. The summed E-state index contributed by atoms with van der Waals surface area (Å²) in [5, 5.41) is 6.68. The summed E-state index contributed by atoms with van der Waals surface area (Å²) >= 11 is 0. The number of rotatable bonds is 11. The molecule has 0 atom stereocenters. The Morgan fingerprint density at radius 2 is 1.37 bits per heavy atom. The summed E-state index contributed by atoms with van der Waals surface area (Å²) in [5.41, 5.74) is 4.70. The zero-order valence-corrected chi connectivity index (χ0v) is 25.9. The Bertz CT molecular complexity index is 1380. The fourth-order valence-corrected chi connectivity index (χ4v) is 4.97. The first-order valence-electron chi connectivity index (χ1n) is 14.7. The van der Waals surface area contributed by atoms with Gasteiger partial charge in [0.1, 0.15) is 5.60 Å². The van der Waals surface area contributed by atoms with E-state index in [2.05, 4.69) is 29.6 Å². The molecule has 0 saturated heterocycles. The molecule has 1 aliphatic heterocycles. The number of hydrazine groups is 1. The van der Waals surface area contributed by atoms with E-state index in [1.54, 1.807) is 24.0 Å². The molecule has 1 aliphatic rings. The topological polar surface area (TPSA) is 85.4 Å². The molecule has 3 aromatic rings. The summed E-state index contributed by atoms with van der Waals surface area (Å²) in [6.07, 6.45) is 0.200. The molecule has 43 heavy (non-hydrogen) atoms. The largest absolute Gasteiger partial charge is 0.444 e. The Balaban J connectivity index is 1.42. The van der Waals surface area contributed by atoms with Crippen LogP contribution in [0.3, 0.4) is 0 Å². The molecular formula is C34H43N5O4. The molecule has 4 rings (SSSR count). The van der Waals surface area contributed by atoms with Gasteiger partial charge in [-0.25, -0.2) is 9.80 Å². The molecule has 0 aliphatic carbocycles. The number of hydrogen-bond acceptors (Lipinski definition) is 6. The number of likely N-dealkylation sites (N-methyl/N-ethyl adjacent to an activating group) is 2. The Labute approximate surface area is 255 Å². The van der Waals surface area contributed by atoms with Gasteiger partial charge in [-0.15, -0.1) is 0 Å². The summed E-state index contributed by atoms with van der Waals surface area (Å²) in [5.74, 6) is -0.316. The second kappa shape index (κ2) is 14.3. The monoisotopic (exact) mass is 585 g/mol. The van der Waals surface area contributed by atoms with Crippen molar-refractivity contribution in [2.24, 2.45) is 0 Å². The van der Waals surface area contributed by atoms with Gasteiger partial charge < -0.3 is 14.5 Å². The maximum absolute atomic E-state index is 13.7. The highest BCUT2D eigenvalue weighted by molar-refractivity contribution is 5.96. The van der Waals surface area contributed by atoms with Gasteiger partial charge in [-0.05, 0) is 55.5 Å². The van der Waals surface area contributed by atoms with E-state index in [-0.39, 0.29) is 38.0 Å². The number of para-hydroxylation sites is 1. The van der Waals surface area contributed by atoms with E-state index >= 15 is 0 Å². The average molecular weight is 586 g/mol. The van der Waals surface area contributed by atoms with E-state index in [4.69, 9.17) is 4.74 Å². The van der Waals surface area contributed by atoms with Crippen molar-refractivity contribution in [3.05, 3.63) is 101 Å². The highest BCUT2D eigenvalue weighted by Crippen LogP contribution is 2.25. The molecule has 9 nitrogen and oxygen atoms in total. The summed E-state index contributed by atoms with van der Waals surface area (Å²) in [4.78, 5) is 42.5. The van der Waals surface area contributed by atoms with Crippen LogP contribution < -0.4 is 10.2 Å². The number of nitrogens with zero attached hydrogens (tertiary/aromatic N) is 4. The molecule has 1 heterocycles. The first-order valence-corrected chi connectivity index (χ1v) is 14.7. The maximum Gasteiger partial charge on any atom is 0.410 e. The first-order chi connectivity index (χ1) is 20.5. The van der Waals surface area contributed by atoms with Crippen molar-refractivity contribution < 1.29 is 19.1 Å². The third-order valence-corrected chi connectivity index (χ3v) is 7.35. The van der Waals surface area contributed by atoms with Gasteiger partial charge in [-0.2, -0.15) is 0 Å². The van der Waals surface area contributed by atoms with Crippen LogP contribution in [0.2, 0.25) is 0 Å². The van der Waals surface area contributed by atoms with Crippen LogP contribution in [0.25, 0.3) is 0 Å². The van der Waals surface area contributed by atoms with Crippen molar-refractivity contribution in [2.45, 2.75) is 45.9 Å². The van der Waals surface area contributed by atoms with Crippen LogP contribution in [0.15, 0.2) is 78.9 Å². The minimum atomic E-state index is -0.620. The van der Waals surface area contributed by atoms with Crippen LogP contribution in [0.5, 0.6) is 0 Å². The number of ether oxygens (including phenoxy) is 1. The predicted molar refractivity (Wildman–Crippen MR) is 168 cm³/mol. The number of carbonyl (C=O) groups excluding carboxylic acids is 3. The molecule has 0 radical (unpaired) electrons. The van der Waals surface area contributed by atoms with Crippen LogP contribution in [-0.4, -0.2) is 78.7 Å². The second-order valence-corrected chi connectivity index (χ2v) is 11.9. The lowest BCUT2D eigenvalue weighted by Gasteiger charge is -2.30. The average Bonchev–Trinajstić information content (AvgIpc) is 3.41. The van der Waals surface area contributed by atoms with Crippen LogP contribution in [0, 0.1) is 0 Å². The zero-order valence-electron chi connectivity index (χ0n) is 25.9. The summed E-state index contributed by atoms with van der Waals surface area (Å²) < 4.78 is 5.50. The quantitative estimate of drug-likeness (QED) is 0.358. The molecule has 0 bridgehead atoms. The lowest BCUT2D eigenvalue weighted by atomic mass is 10.0. The molecule has 0 unspecified atom stereocenters. The molecule has 9 heteroatoms. The minimum Gasteiger partial charge on any atom is -0.444 e. The van der Waals surface area contributed by atoms with Crippen molar-refractivity contribution in [3.8, 4) is 0 Å². The number of benzene rings is 3. The number of fused-ring (bicyclic) bond motifs is 1. The van der Waals surface area contributed by atoms with Crippen molar-refractivity contribution in [3.63, 3.8) is 0 Å². The Hall–Kier alpha value is -4.21. The van der Waals surface area contributed by atoms with Gasteiger partial charge >= 0.3 is 6.09 Å². The molecule has 0 spiro atoms. The third-order valence-electron chi connectivity index (χ3n) is 7.35. The Morgan fingerprint density at radius 3 is 2.02 bits per heavy atom. The van der Waals surface area contributed by atoms with E-state index in [1.807, 2.05) is 80.4 Å². The predicted octanol–water partition coefficient (Wildman–Crippen LogP) is 4.46. The van der Waals surface area contributed by atoms with Crippen molar-refractivity contribution in [1.82, 2.24) is 20.2 Å². The lowest BCUT2D eigenvalue weighted by Crippen LogP contribution is -2.48. The first kappa shape index (κ1) is 31.7. The Morgan fingerprint density at radius 1 is 0.791 bits per heavy atom. The normalized spacial score (nSPS) is 12.9. The molecule has 0 aromatic heterocycles. The van der Waals surface area contributed by atoms with E-state index < -0.39 is 11.7 Å². The standard InChI is InChI=1S/C34H43N5O4/c1-34(2,3)43-33(42)36(4)19-20-39(30-18-12-11-15-27(30)21-26-13-7-6-8-14-26)32(41)23-35-22-31(40)37(5)38-24-28-16-9-10-17-29(28)25-38/h6-18,35H,19-25H2,1-5H3. The third kappa shape index (κ3) is 8.89. The van der Waals surface area contributed by atoms with E-state index in [1.165, 1.54) is 16.0 Å². The fraction of sp³-hybridized carbons (Fsp3) is 0.382. The van der Waals surface area contributed by atoms with Crippen LogP contribution in [0.1, 0.15) is 43.0 Å². The molecule has 0 saturated carbocycles. The van der Waals surface area contributed by atoms with Crippen LogP contribution in [0.4, 0.5) is 10.5 Å². The zero-order chi connectivity index (χ0) is 31.0. The molecule has 0 fully saturated rings. The van der Waals surface area contributed by atoms with Crippen molar-refractivity contribution in [2.75, 3.05) is 45.2 Å². The molecular weight excluding hydrogens is 542 g/mol. The highest BCUT2D eigenvalue weighted by Gasteiger charge is 2.26. The SMILES string of the molecule is CN(CCN(C(=O)CNCC(=O)N(C)N1Cc2ccccc2C1)c1ccccc1Cc1ccccc1)C(=O)OC(C)(C)C. The van der Waals surface area contributed by atoms with E-state index in [0.717, 1.165) is 16.8 Å². The number of nitrogens with one attached hydrogen (secondary N) is 1. The van der Waals surface area contributed by atoms with Gasteiger partial charge in [0, 0.05) is 46.0 Å². The molecule has 3 aromatic carbocycles. The second-order valence-electron chi connectivity index (χ2n) is 11.9. The van der Waals surface area contributed by atoms with Gasteiger partial charge in [0.25, 0.3) is 5.91 Å². The molecule has 228 valence electrons. The van der Waals surface area contributed by atoms with Gasteiger partial charge in [0.2, 0.25) is 5.91 Å². The van der Waals surface area contributed by atoms with Gasteiger partial charge in [-0.1, -0.05) is 72.8 Å². The summed E-state index contributed by atoms with van der Waals surface area (Å²) in [7, 11) is 3.42. The smallest absolute Gasteiger partial charge is 0.410 e. The van der Waals surface area contributed by atoms with Crippen molar-refractivity contribution >= 4 is 23.6 Å². The highest BCUT2D eigenvalue weighted by atomic mass is 16.6. The number of carbonyl (C=O) groups is 3. The van der Waals surface area contributed by atoms with Crippen LogP contribution >= 0.6 is 0 Å². The van der Waals surface area contributed by atoms with E-state index in [0.29, 0.717) is 19.5 Å². The number of anilines is 1. The van der Waals surface area contributed by atoms with Crippen molar-refractivity contribution in [1.29, 1.82) is 0 Å². The fourth-order valence-electron chi connectivity index (χ4n) is 4.97. The van der Waals surface area contributed by atoms with Gasteiger partial charge in [-0.3, -0.25) is 19.9 Å². The lowest BCUT2D eigenvalue weighted by molar-refractivity contribution is -0.145. The summed E-state index contributed by atoms with van der Waals surface area (Å²) in [6.45, 7) is 7.34. The summed E-state index contributed by atoms with van der Waals surface area (Å²) in [6, 6.07) is 26.1. The number of hydrogen-bond donors (Lipinski definition) is 1. The molecule has 3 amide bonds. The Kier molecular flexibility index (Phi) is 10.6. The van der Waals surface area contributed by atoms with Gasteiger partial charge in [0.05, 0.1) is 13.1 Å². The maximum atomic E-state index is 13.7. The minimum absolute atomic E-state index is 0.0202. The van der Waals surface area contributed by atoms with Gasteiger partial charge in [0.15, 0.2) is 0 Å². The van der Waals surface area contributed by atoms with Crippen LogP contribution in [-0.2, 0) is 33.8 Å². The number of amides is 3.